The van der Waals surface area contributed by atoms with E-state index in [0.717, 1.165) is 36.7 Å². The van der Waals surface area contributed by atoms with Crippen molar-refractivity contribution in [1.29, 1.82) is 0 Å². The minimum atomic E-state index is -0.312. The van der Waals surface area contributed by atoms with Gasteiger partial charge >= 0.3 is 0 Å². The third-order valence-corrected chi connectivity index (χ3v) is 4.08. The smallest absolute Gasteiger partial charge is 0.292 e. The summed E-state index contributed by atoms with van der Waals surface area (Å²) in [5, 5.41) is 14.1. The summed E-state index contributed by atoms with van der Waals surface area (Å²) >= 11 is 1.97. The number of nitrogens with one attached hydrogen (secondary N) is 1. The molecule has 0 amide bonds. The number of nitro benzene ring substituents is 1. The van der Waals surface area contributed by atoms with Gasteiger partial charge in [0.1, 0.15) is 5.69 Å². The summed E-state index contributed by atoms with van der Waals surface area (Å²) in [5.41, 5.74) is 1.79. The molecule has 0 spiro atoms. The molecule has 0 saturated carbocycles. The molecule has 1 heterocycles. The molecule has 0 aliphatic carbocycles. The van der Waals surface area contributed by atoms with Crippen LogP contribution in [-0.4, -0.2) is 41.0 Å². The summed E-state index contributed by atoms with van der Waals surface area (Å²) in [6, 6.07) is 5.49. The van der Waals surface area contributed by atoms with Gasteiger partial charge in [-0.15, -0.1) is 0 Å². The Labute approximate surface area is 117 Å². The molecular weight excluding hydrogens is 262 g/mol. The van der Waals surface area contributed by atoms with Crippen molar-refractivity contribution < 1.29 is 4.92 Å². The summed E-state index contributed by atoms with van der Waals surface area (Å²) in [5.74, 6) is 2.30. The van der Waals surface area contributed by atoms with E-state index >= 15 is 0 Å². The highest BCUT2D eigenvalue weighted by Crippen LogP contribution is 2.26. The highest BCUT2D eigenvalue weighted by Gasteiger charge is 2.16. The predicted octanol–water partition coefficient (Wildman–Crippen LogP) is 2.58. The third-order valence-electron chi connectivity index (χ3n) is 3.14. The van der Waals surface area contributed by atoms with Crippen LogP contribution in [0.2, 0.25) is 0 Å². The zero-order chi connectivity index (χ0) is 13.7. The number of rotatable bonds is 5. The monoisotopic (exact) mass is 281 g/mol. The zero-order valence-corrected chi connectivity index (χ0v) is 11.9. The van der Waals surface area contributed by atoms with Crippen LogP contribution in [0, 0.1) is 10.1 Å². The first-order valence-corrected chi connectivity index (χ1v) is 7.67. The molecule has 0 aromatic heterocycles. The van der Waals surface area contributed by atoms with Crippen molar-refractivity contribution >= 4 is 23.1 Å². The molecule has 5 nitrogen and oxygen atoms in total. The molecule has 2 rings (SSSR count). The fourth-order valence-electron chi connectivity index (χ4n) is 2.18. The number of hydrogen-bond acceptors (Lipinski definition) is 5. The quantitative estimate of drug-likeness (QED) is 0.664. The molecule has 6 heteroatoms. The molecule has 19 heavy (non-hydrogen) atoms. The third kappa shape index (κ3) is 3.84. The maximum absolute atomic E-state index is 11.1. The largest absolute Gasteiger partial charge is 0.380 e. The number of anilines is 1. The molecule has 1 N–H and O–H groups in total. The van der Waals surface area contributed by atoms with E-state index in [-0.39, 0.29) is 10.6 Å². The van der Waals surface area contributed by atoms with Crippen molar-refractivity contribution in [3.05, 3.63) is 33.9 Å². The molecule has 1 aromatic carbocycles. The molecule has 1 aliphatic heterocycles. The van der Waals surface area contributed by atoms with Crippen LogP contribution < -0.4 is 5.32 Å². The van der Waals surface area contributed by atoms with E-state index in [1.807, 2.05) is 30.8 Å². The van der Waals surface area contributed by atoms with Crippen LogP contribution in [0.15, 0.2) is 18.2 Å². The first kappa shape index (κ1) is 14.1. The lowest BCUT2D eigenvalue weighted by Gasteiger charge is -2.26. The van der Waals surface area contributed by atoms with Crippen molar-refractivity contribution in [3.63, 3.8) is 0 Å². The van der Waals surface area contributed by atoms with E-state index in [1.54, 1.807) is 6.07 Å². The van der Waals surface area contributed by atoms with E-state index in [0.29, 0.717) is 12.2 Å². The molecule has 1 saturated heterocycles. The highest BCUT2D eigenvalue weighted by atomic mass is 32.2. The SMILES string of the molecule is CCNc1ccc(CN2CCSCC2)cc1[N+](=O)[O-]. The molecule has 1 aliphatic rings. The summed E-state index contributed by atoms with van der Waals surface area (Å²) < 4.78 is 0. The topological polar surface area (TPSA) is 58.4 Å². The Morgan fingerprint density at radius 3 is 2.79 bits per heavy atom. The fourth-order valence-corrected chi connectivity index (χ4v) is 3.16. The first-order valence-electron chi connectivity index (χ1n) is 6.52. The zero-order valence-electron chi connectivity index (χ0n) is 11.1. The Balaban J connectivity index is 2.12. The van der Waals surface area contributed by atoms with E-state index in [2.05, 4.69) is 10.2 Å². The molecule has 1 aromatic rings. The van der Waals surface area contributed by atoms with Crippen molar-refractivity contribution in [1.82, 2.24) is 4.90 Å². The van der Waals surface area contributed by atoms with Gasteiger partial charge in [0.15, 0.2) is 0 Å². The van der Waals surface area contributed by atoms with Gasteiger partial charge in [0.05, 0.1) is 4.92 Å². The average Bonchev–Trinajstić information content (AvgIpc) is 2.42. The predicted molar refractivity (Wildman–Crippen MR) is 79.9 cm³/mol. The minimum absolute atomic E-state index is 0.172. The second-order valence-corrected chi connectivity index (χ2v) is 5.75. The van der Waals surface area contributed by atoms with Gasteiger partial charge in [-0.2, -0.15) is 11.8 Å². The fraction of sp³-hybridized carbons (Fsp3) is 0.538. The van der Waals surface area contributed by atoms with Crippen LogP contribution in [-0.2, 0) is 6.54 Å². The average molecular weight is 281 g/mol. The van der Waals surface area contributed by atoms with E-state index in [4.69, 9.17) is 0 Å². The molecule has 104 valence electrons. The number of hydrogen-bond donors (Lipinski definition) is 1. The van der Waals surface area contributed by atoms with Gasteiger partial charge in [0, 0.05) is 43.8 Å². The summed E-state index contributed by atoms with van der Waals surface area (Å²) in [6.45, 7) is 5.54. The molecular formula is C13H19N3O2S. The van der Waals surface area contributed by atoms with Crippen LogP contribution in [0.3, 0.4) is 0 Å². The second kappa shape index (κ2) is 6.77. The lowest BCUT2D eigenvalue weighted by Crippen LogP contribution is -2.31. The van der Waals surface area contributed by atoms with E-state index < -0.39 is 0 Å². The molecule has 0 bridgehead atoms. The summed E-state index contributed by atoms with van der Waals surface area (Å²) in [4.78, 5) is 13.1. The Hall–Kier alpha value is -1.27. The van der Waals surface area contributed by atoms with Gasteiger partial charge in [0.2, 0.25) is 0 Å². The van der Waals surface area contributed by atoms with Crippen molar-refractivity contribution in [2.75, 3.05) is 36.5 Å². The van der Waals surface area contributed by atoms with Crippen LogP contribution in [0.5, 0.6) is 0 Å². The number of benzene rings is 1. The Morgan fingerprint density at radius 1 is 1.42 bits per heavy atom. The van der Waals surface area contributed by atoms with Crippen LogP contribution in [0.4, 0.5) is 11.4 Å². The molecule has 1 fully saturated rings. The van der Waals surface area contributed by atoms with Gasteiger partial charge in [-0.25, -0.2) is 0 Å². The highest BCUT2D eigenvalue weighted by molar-refractivity contribution is 7.99. The normalized spacial score (nSPS) is 16.3. The molecule has 0 atom stereocenters. The maximum Gasteiger partial charge on any atom is 0.292 e. The minimum Gasteiger partial charge on any atom is -0.380 e. The summed E-state index contributed by atoms with van der Waals surface area (Å²) in [7, 11) is 0. The van der Waals surface area contributed by atoms with Crippen LogP contribution >= 0.6 is 11.8 Å². The van der Waals surface area contributed by atoms with E-state index in [1.165, 1.54) is 0 Å². The molecule has 0 unspecified atom stereocenters. The Morgan fingerprint density at radius 2 is 2.16 bits per heavy atom. The first-order chi connectivity index (χ1) is 9.20. The van der Waals surface area contributed by atoms with Gasteiger partial charge in [-0.3, -0.25) is 15.0 Å². The van der Waals surface area contributed by atoms with Gasteiger partial charge in [-0.1, -0.05) is 6.07 Å². The van der Waals surface area contributed by atoms with Gasteiger partial charge in [-0.05, 0) is 18.6 Å². The standard InChI is InChI=1S/C13H19N3O2S/c1-2-14-12-4-3-11(9-13(12)16(17)18)10-15-5-7-19-8-6-15/h3-4,9,14H,2,5-8,10H2,1H3. The van der Waals surface area contributed by atoms with Crippen molar-refractivity contribution in [3.8, 4) is 0 Å². The Kier molecular flexibility index (Phi) is 5.04. The Bertz CT molecular complexity index is 448. The van der Waals surface area contributed by atoms with Crippen molar-refractivity contribution in [2.45, 2.75) is 13.5 Å². The lowest BCUT2D eigenvalue weighted by molar-refractivity contribution is -0.384. The van der Waals surface area contributed by atoms with Gasteiger partial charge in [0.25, 0.3) is 5.69 Å². The number of nitro groups is 1. The lowest BCUT2D eigenvalue weighted by atomic mass is 10.1. The number of thioether (sulfide) groups is 1. The number of nitrogens with zero attached hydrogens (tertiary/aromatic N) is 2. The van der Waals surface area contributed by atoms with Crippen LogP contribution in [0.25, 0.3) is 0 Å². The van der Waals surface area contributed by atoms with E-state index in [9.17, 15) is 10.1 Å². The summed E-state index contributed by atoms with van der Waals surface area (Å²) in [6.07, 6.45) is 0. The maximum atomic E-state index is 11.1. The van der Waals surface area contributed by atoms with Gasteiger partial charge < -0.3 is 5.32 Å². The second-order valence-electron chi connectivity index (χ2n) is 4.53. The van der Waals surface area contributed by atoms with Crippen LogP contribution in [0.1, 0.15) is 12.5 Å². The van der Waals surface area contributed by atoms with Crippen molar-refractivity contribution in [2.24, 2.45) is 0 Å². The molecule has 0 radical (unpaired) electrons.